The van der Waals surface area contributed by atoms with Crippen molar-refractivity contribution in [3.63, 3.8) is 0 Å². The molecule has 3 atom stereocenters. The molecule has 1 heterocycles. The van der Waals surface area contributed by atoms with Gasteiger partial charge < -0.3 is 9.84 Å². The lowest BCUT2D eigenvalue weighted by molar-refractivity contribution is -0.0692. The summed E-state index contributed by atoms with van der Waals surface area (Å²) in [5.74, 6) is 0. The molecule has 0 aromatic carbocycles. The van der Waals surface area contributed by atoms with Crippen molar-refractivity contribution in [2.45, 2.75) is 64.8 Å². The second-order valence-corrected chi connectivity index (χ2v) is 5.09. The third-order valence-corrected chi connectivity index (χ3v) is 4.24. The molecule has 3 unspecified atom stereocenters. The lowest BCUT2D eigenvalue weighted by Gasteiger charge is -2.46. The van der Waals surface area contributed by atoms with Gasteiger partial charge >= 0.3 is 0 Å². The molecule has 0 amide bonds. The van der Waals surface area contributed by atoms with E-state index in [9.17, 15) is 5.11 Å². The molecule has 0 radical (unpaired) electrons. The van der Waals surface area contributed by atoms with E-state index in [0.717, 1.165) is 24.8 Å². The number of ether oxygens (including phenoxy) is 1. The molecule has 0 saturated carbocycles. The lowest BCUT2D eigenvalue weighted by Crippen LogP contribution is -2.45. The Hall–Kier alpha value is -0.600. The van der Waals surface area contributed by atoms with Gasteiger partial charge in [-0.25, -0.2) is 0 Å². The second-order valence-electron chi connectivity index (χ2n) is 5.09. The molecule has 2 nitrogen and oxygen atoms in total. The molecule has 0 aromatic rings. The van der Waals surface area contributed by atoms with Crippen LogP contribution in [0.25, 0.3) is 0 Å². The Balaban J connectivity index is 2.47. The molecule has 0 aromatic heterocycles. The topological polar surface area (TPSA) is 29.5 Å². The van der Waals surface area contributed by atoms with Crippen LogP contribution in [0, 0.1) is 0 Å². The largest absolute Gasteiger partial charge is 0.385 e. The van der Waals surface area contributed by atoms with E-state index in [4.69, 9.17) is 4.74 Å². The van der Waals surface area contributed by atoms with Gasteiger partial charge in [0, 0.05) is 0 Å². The van der Waals surface area contributed by atoms with E-state index in [-0.39, 0.29) is 5.60 Å². The highest BCUT2D eigenvalue weighted by molar-refractivity contribution is 5.43. The Morgan fingerprint density at radius 3 is 2.81 bits per heavy atom. The first-order valence-electron chi connectivity index (χ1n) is 6.26. The van der Waals surface area contributed by atoms with Gasteiger partial charge in [-0.3, -0.25) is 0 Å². The van der Waals surface area contributed by atoms with E-state index in [2.05, 4.69) is 20.8 Å². The zero-order chi connectivity index (χ0) is 11.9. The molecule has 2 heteroatoms. The monoisotopic (exact) mass is 222 g/mol. The van der Waals surface area contributed by atoms with E-state index >= 15 is 0 Å². The van der Waals surface area contributed by atoms with Gasteiger partial charge in [-0.1, -0.05) is 6.92 Å². The number of hydrogen-bond acceptors (Lipinski definition) is 2. The molecule has 0 spiro atoms. The van der Waals surface area contributed by atoms with Crippen molar-refractivity contribution >= 4 is 0 Å². The van der Waals surface area contributed by atoms with E-state index in [1.807, 2.05) is 13.0 Å². The lowest BCUT2D eigenvalue weighted by atomic mass is 9.73. The van der Waals surface area contributed by atoms with Gasteiger partial charge in [0.05, 0.1) is 12.2 Å². The molecule has 1 aliphatic carbocycles. The fraction of sp³-hybridized carbons (Fsp3) is 0.714. The number of rotatable bonds is 1. The van der Waals surface area contributed by atoms with Gasteiger partial charge in [0.2, 0.25) is 0 Å². The number of aliphatic hydroxyl groups is 1. The molecular formula is C14H22O2. The third kappa shape index (κ3) is 1.56. The summed E-state index contributed by atoms with van der Waals surface area (Å²) in [6.07, 6.45) is 4.97. The first-order valence-corrected chi connectivity index (χ1v) is 6.26. The van der Waals surface area contributed by atoms with Gasteiger partial charge in [-0.15, -0.1) is 0 Å². The smallest absolute Gasteiger partial charge is 0.110 e. The van der Waals surface area contributed by atoms with Crippen LogP contribution in [-0.2, 0) is 4.74 Å². The van der Waals surface area contributed by atoms with Gasteiger partial charge in [-0.05, 0) is 62.8 Å². The summed E-state index contributed by atoms with van der Waals surface area (Å²) in [5, 5.41) is 9.97. The van der Waals surface area contributed by atoms with E-state index < -0.39 is 6.10 Å². The Labute approximate surface area is 98.0 Å². The van der Waals surface area contributed by atoms with Gasteiger partial charge in [0.15, 0.2) is 0 Å². The number of fused-ring (bicyclic) bond motifs is 1. The predicted molar refractivity (Wildman–Crippen MR) is 65.3 cm³/mol. The normalized spacial score (nSPS) is 39.4. The molecular weight excluding hydrogens is 200 g/mol. The zero-order valence-electron chi connectivity index (χ0n) is 10.7. The molecule has 90 valence electrons. The maximum atomic E-state index is 9.97. The fourth-order valence-electron chi connectivity index (χ4n) is 3.02. The van der Waals surface area contributed by atoms with Crippen LogP contribution in [0.15, 0.2) is 22.8 Å². The maximum Gasteiger partial charge on any atom is 0.110 e. The zero-order valence-corrected chi connectivity index (χ0v) is 10.7. The Kier molecular flexibility index (Phi) is 2.97. The van der Waals surface area contributed by atoms with Crippen molar-refractivity contribution in [2.75, 3.05) is 0 Å². The van der Waals surface area contributed by atoms with Crippen molar-refractivity contribution in [1.29, 1.82) is 0 Å². The van der Waals surface area contributed by atoms with E-state index in [0.29, 0.717) is 6.10 Å². The minimum Gasteiger partial charge on any atom is -0.385 e. The molecule has 1 fully saturated rings. The Morgan fingerprint density at radius 2 is 2.19 bits per heavy atom. The summed E-state index contributed by atoms with van der Waals surface area (Å²) >= 11 is 0. The second kappa shape index (κ2) is 4.01. The molecule has 2 aliphatic rings. The summed E-state index contributed by atoms with van der Waals surface area (Å²) in [5.41, 5.74) is 3.33. The van der Waals surface area contributed by atoms with E-state index in [1.165, 1.54) is 11.1 Å². The van der Waals surface area contributed by atoms with Crippen LogP contribution < -0.4 is 0 Å². The molecule has 16 heavy (non-hydrogen) atoms. The van der Waals surface area contributed by atoms with Crippen LogP contribution in [0.1, 0.15) is 47.0 Å². The summed E-state index contributed by atoms with van der Waals surface area (Å²) in [7, 11) is 0. The third-order valence-electron chi connectivity index (χ3n) is 4.24. The first kappa shape index (κ1) is 11.9. The van der Waals surface area contributed by atoms with Crippen LogP contribution in [0.5, 0.6) is 0 Å². The fourth-order valence-corrected chi connectivity index (χ4v) is 3.02. The van der Waals surface area contributed by atoms with Crippen LogP contribution in [0.3, 0.4) is 0 Å². The first-order chi connectivity index (χ1) is 7.51. The van der Waals surface area contributed by atoms with Crippen molar-refractivity contribution in [3.8, 4) is 0 Å². The molecule has 1 saturated heterocycles. The van der Waals surface area contributed by atoms with Crippen LogP contribution in [0.4, 0.5) is 0 Å². The van der Waals surface area contributed by atoms with Crippen molar-refractivity contribution in [1.82, 2.24) is 0 Å². The SMILES string of the molecule is CCC12OC(C)CCC1=CC(O)C(C)=C2C. The van der Waals surface area contributed by atoms with Crippen LogP contribution in [-0.4, -0.2) is 22.9 Å². The van der Waals surface area contributed by atoms with Crippen molar-refractivity contribution < 1.29 is 9.84 Å². The maximum absolute atomic E-state index is 9.97. The Bertz CT molecular complexity index is 354. The standard InChI is InChI=1S/C14H22O2/c1-5-14-11(4)10(3)13(15)8-12(14)7-6-9(2)16-14/h8-9,13,15H,5-7H2,1-4H3. The minimum absolute atomic E-state index is 0.221. The van der Waals surface area contributed by atoms with Gasteiger partial charge in [0.25, 0.3) is 0 Å². The predicted octanol–water partition coefficient (Wildman–Crippen LogP) is 2.97. The van der Waals surface area contributed by atoms with Crippen LogP contribution >= 0.6 is 0 Å². The summed E-state index contributed by atoms with van der Waals surface area (Å²) < 4.78 is 6.22. The minimum atomic E-state index is -0.410. The number of aliphatic hydroxyl groups excluding tert-OH is 1. The molecule has 0 bridgehead atoms. The van der Waals surface area contributed by atoms with Crippen LogP contribution in [0.2, 0.25) is 0 Å². The molecule has 1 aliphatic heterocycles. The molecule has 2 rings (SSSR count). The summed E-state index contributed by atoms with van der Waals surface area (Å²) in [4.78, 5) is 0. The Morgan fingerprint density at radius 1 is 1.50 bits per heavy atom. The van der Waals surface area contributed by atoms with E-state index in [1.54, 1.807) is 0 Å². The van der Waals surface area contributed by atoms with Crippen molar-refractivity contribution in [2.24, 2.45) is 0 Å². The van der Waals surface area contributed by atoms with Crippen molar-refractivity contribution in [3.05, 3.63) is 22.8 Å². The van der Waals surface area contributed by atoms with Gasteiger partial charge in [-0.2, -0.15) is 0 Å². The number of hydrogen-bond donors (Lipinski definition) is 1. The summed E-state index contributed by atoms with van der Waals surface area (Å²) in [6.45, 7) is 8.42. The quantitative estimate of drug-likeness (QED) is 0.691. The average Bonchev–Trinajstić information content (AvgIpc) is 2.27. The highest BCUT2D eigenvalue weighted by Gasteiger charge is 2.43. The van der Waals surface area contributed by atoms with Gasteiger partial charge in [0.1, 0.15) is 5.60 Å². The summed E-state index contributed by atoms with van der Waals surface area (Å²) in [6, 6.07) is 0. The highest BCUT2D eigenvalue weighted by Crippen LogP contribution is 2.45. The highest BCUT2D eigenvalue weighted by atomic mass is 16.5. The molecule has 1 N–H and O–H groups in total. The average molecular weight is 222 g/mol.